The van der Waals surface area contributed by atoms with E-state index in [4.69, 9.17) is 11.6 Å². The van der Waals surface area contributed by atoms with E-state index in [0.717, 1.165) is 27.8 Å². The molecule has 2 N–H and O–H groups in total. The van der Waals surface area contributed by atoms with Gasteiger partial charge >= 0.3 is 5.97 Å². The van der Waals surface area contributed by atoms with Gasteiger partial charge in [-0.25, -0.2) is 13.2 Å². The number of aliphatic carboxylic acids is 1. The van der Waals surface area contributed by atoms with E-state index < -0.39 is 27.9 Å². The molecule has 0 fully saturated rings. The summed E-state index contributed by atoms with van der Waals surface area (Å²) in [6.07, 6.45) is 0.00514. The van der Waals surface area contributed by atoms with Gasteiger partial charge < -0.3 is 10.4 Å². The Balaban J connectivity index is 1.33. The van der Waals surface area contributed by atoms with Crippen molar-refractivity contribution in [2.45, 2.75) is 30.8 Å². The van der Waals surface area contributed by atoms with Crippen LogP contribution in [0.2, 0.25) is 5.02 Å². The minimum atomic E-state index is -4.26. The van der Waals surface area contributed by atoms with Gasteiger partial charge in [0.25, 0.3) is 15.9 Å². The average Bonchev–Trinajstić information content (AvgIpc) is 3.15. The zero-order valence-corrected chi connectivity index (χ0v) is 29.3. The number of sulfonamides is 1. The molecule has 0 aromatic heterocycles. The topological polar surface area (TPSA) is 104 Å². The molecule has 9 heteroatoms. The third-order valence-electron chi connectivity index (χ3n) is 8.57. The van der Waals surface area contributed by atoms with Crippen LogP contribution in [-0.4, -0.2) is 31.4 Å². The molecule has 0 heterocycles. The minimum Gasteiger partial charge on any atom is -0.480 e. The molecule has 1 amide bonds. The molecule has 0 aliphatic heterocycles. The van der Waals surface area contributed by atoms with Crippen molar-refractivity contribution in [2.24, 2.45) is 0 Å². The van der Waals surface area contributed by atoms with E-state index in [2.05, 4.69) is 5.32 Å². The Morgan fingerprint density at radius 3 is 1.75 bits per heavy atom. The monoisotopic (exact) mass is 714 g/mol. The maximum atomic E-state index is 14.5. The largest absolute Gasteiger partial charge is 0.480 e. The van der Waals surface area contributed by atoms with Crippen LogP contribution < -0.4 is 9.62 Å². The second kappa shape index (κ2) is 15.5. The number of carboxylic acids is 1. The molecule has 6 aromatic carbocycles. The van der Waals surface area contributed by atoms with E-state index in [1.165, 1.54) is 22.5 Å². The predicted molar refractivity (Wildman–Crippen MR) is 202 cm³/mol. The fourth-order valence-electron chi connectivity index (χ4n) is 5.78. The Labute approximate surface area is 302 Å². The zero-order valence-electron chi connectivity index (χ0n) is 27.7. The van der Waals surface area contributed by atoms with Gasteiger partial charge in [-0.05, 0) is 70.6 Å². The normalized spacial score (nSPS) is 11.8. The molecule has 0 spiro atoms. The smallest absolute Gasteiger partial charge is 0.326 e. The summed E-state index contributed by atoms with van der Waals surface area (Å²) in [7, 11) is -4.26. The molecule has 1 unspecified atom stereocenters. The second-order valence-electron chi connectivity index (χ2n) is 12.2. The zero-order chi connectivity index (χ0) is 36.0. The summed E-state index contributed by atoms with van der Waals surface area (Å²) in [5.74, 6) is -2.01. The van der Waals surface area contributed by atoms with Crippen molar-refractivity contribution in [1.29, 1.82) is 0 Å². The van der Waals surface area contributed by atoms with Crippen LogP contribution in [0.5, 0.6) is 0 Å². The summed E-state index contributed by atoms with van der Waals surface area (Å²) in [4.78, 5) is 26.4. The summed E-state index contributed by atoms with van der Waals surface area (Å²) in [6.45, 7) is 1.84. The molecular formula is C42H35ClN2O5S. The molecule has 0 saturated heterocycles. The molecular weight excluding hydrogens is 680 g/mol. The van der Waals surface area contributed by atoms with Crippen LogP contribution in [0.1, 0.15) is 27.0 Å². The molecule has 256 valence electrons. The van der Waals surface area contributed by atoms with Crippen molar-refractivity contribution in [3.05, 3.63) is 179 Å². The number of amides is 1. The summed E-state index contributed by atoms with van der Waals surface area (Å²) < 4.78 is 30.1. The number of rotatable bonds is 12. The predicted octanol–water partition coefficient (Wildman–Crippen LogP) is 8.80. The van der Waals surface area contributed by atoms with Crippen molar-refractivity contribution in [2.75, 3.05) is 4.31 Å². The van der Waals surface area contributed by atoms with Crippen LogP contribution in [0.25, 0.3) is 22.3 Å². The van der Waals surface area contributed by atoms with Gasteiger partial charge in [0.1, 0.15) is 6.04 Å². The van der Waals surface area contributed by atoms with Crippen molar-refractivity contribution >= 4 is 39.2 Å². The summed E-state index contributed by atoms with van der Waals surface area (Å²) >= 11 is 6.38. The first-order valence-electron chi connectivity index (χ1n) is 16.3. The number of carbonyl (C=O) groups excluding carboxylic acids is 1. The lowest BCUT2D eigenvalue weighted by Gasteiger charge is -2.27. The van der Waals surface area contributed by atoms with Crippen molar-refractivity contribution in [3.63, 3.8) is 0 Å². The van der Waals surface area contributed by atoms with Gasteiger partial charge in [0, 0.05) is 11.4 Å². The third kappa shape index (κ3) is 8.37. The molecule has 0 aliphatic rings. The van der Waals surface area contributed by atoms with Gasteiger partial charge in [-0.15, -0.1) is 0 Å². The van der Waals surface area contributed by atoms with Crippen LogP contribution in [0, 0.1) is 6.92 Å². The number of nitrogens with zero attached hydrogens (tertiary/aromatic N) is 1. The number of anilines is 1. The van der Waals surface area contributed by atoms with Gasteiger partial charge in [0.05, 0.1) is 22.7 Å². The van der Waals surface area contributed by atoms with Gasteiger partial charge in [-0.2, -0.15) is 0 Å². The Bertz CT molecular complexity index is 2240. The molecule has 6 rings (SSSR count). The first-order valence-corrected chi connectivity index (χ1v) is 18.1. The van der Waals surface area contributed by atoms with E-state index >= 15 is 0 Å². The van der Waals surface area contributed by atoms with E-state index in [1.54, 1.807) is 24.3 Å². The highest BCUT2D eigenvalue weighted by Gasteiger charge is 2.31. The molecule has 0 saturated carbocycles. The van der Waals surface area contributed by atoms with Crippen molar-refractivity contribution in [1.82, 2.24) is 5.32 Å². The summed E-state index contributed by atoms with van der Waals surface area (Å²) in [6, 6.07) is 43.9. The van der Waals surface area contributed by atoms with Crippen LogP contribution in [0.15, 0.2) is 157 Å². The highest BCUT2D eigenvalue weighted by Crippen LogP contribution is 2.32. The third-order valence-corrected chi connectivity index (χ3v) is 10.6. The Morgan fingerprint density at radius 1 is 0.686 bits per heavy atom. The first kappa shape index (κ1) is 35.1. The molecule has 6 aromatic rings. The number of aryl methyl sites for hydroxylation is 1. The SMILES string of the molecule is Cc1ccc(CN(c2ccc(Cl)cc2C(=O)NC(Cc2ccc(-c3ccccc3)cc2)C(=O)O)S(=O)(=O)c2ccc(-c3ccccc3)cc2)cc1. The highest BCUT2D eigenvalue weighted by atomic mass is 35.5. The molecule has 7 nitrogen and oxygen atoms in total. The Hall–Kier alpha value is -5.70. The lowest BCUT2D eigenvalue weighted by Crippen LogP contribution is -2.43. The maximum absolute atomic E-state index is 14.5. The van der Waals surface area contributed by atoms with Crippen molar-refractivity contribution < 1.29 is 23.1 Å². The number of carboxylic acid groups (broad SMARTS) is 1. The molecule has 0 aliphatic carbocycles. The standard InChI is InChI=1S/C42H35ClN2O5S/c1-29-12-14-31(15-13-29)28-45(51(49,50)37-23-20-35(21-24-37)33-10-6-3-7-11-33)40-25-22-36(43)27-38(40)41(46)44-39(42(47)48)26-30-16-18-34(19-17-30)32-8-4-2-5-9-32/h2-25,27,39H,26,28H2,1H3,(H,44,46)(H,47,48). The van der Waals surface area contributed by atoms with Crippen molar-refractivity contribution in [3.8, 4) is 22.3 Å². The minimum absolute atomic E-state index is 0.00514. The Kier molecular flexibility index (Phi) is 10.7. The van der Waals surface area contributed by atoms with E-state index in [-0.39, 0.29) is 34.1 Å². The number of benzene rings is 6. The lowest BCUT2D eigenvalue weighted by atomic mass is 10.0. The van der Waals surface area contributed by atoms with Gasteiger partial charge in [-0.1, -0.05) is 138 Å². The van der Waals surface area contributed by atoms with Gasteiger partial charge in [-0.3, -0.25) is 9.10 Å². The summed E-state index contributed by atoms with van der Waals surface area (Å²) in [5.41, 5.74) is 6.16. The van der Waals surface area contributed by atoms with Crippen LogP contribution >= 0.6 is 11.6 Å². The number of hydrogen-bond acceptors (Lipinski definition) is 4. The second-order valence-corrected chi connectivity index (χ2v) is 14.5. The van der Waals surface area contributed by atoms with E-state index in [0.29, 0.717) is 11.1 Å². The Morgan fingerprint density at radius 2 is 1.20 bits per heavy atom. The first-order chi connectivity index (χ1) is 24.6. The quantitative estimate of drug-likeness (QED) is 0.132. The van der Waals surface area contributed by atoms with E-state index in [1.807, 2.05) is 116 Å². The number of carbonyl (C=O) groups is 2. The number of nitrogens with one attached hydrogen (secondary N) is 1. The van der Waals surface area contributed by atoms with E-state index in [9.17, 15) is 23.1 Å². The lowest BCUT2D eigenvalue weighted by molar-refractivity contribution is -0.139. The van der Waals surface area contributed by atoms with Crippen LogP contribution in [-0.2, 0) is 27.8 Å². The molecule has 51 heavy (non-hydrogen) atoms. The van der Waals surface area contributed by atoms with Crippen LogP contribution in [0.4, 0.5) is 5.69 Å². The average molecular weight is 715 g/mol. The number of hydrogen-bond donors (Lipinski definition) is 2. The molecule has 0 radical (unpaired) electrons. The van der Waals surface area contributed by atoms with Gasteiger partial charge in [0.15, 0.2) is 0 Å². The molecule has 0 bridgehead atoms. The van der Waals surface area contributed by atoms with Gasteiger partial charge in [0.2, 0.25) is 0 Å². The fraction of sp³-hybridized carbons (Fsp3) is 0.0952. The fourth-order valence-corrected chi connectivity index (χ4v) is 7.42. The van der Waals surface area contributed by atoms with Crippen LogP contribution in [0.3, 0.4) is 0 Å². The molecule has 1 atom stereocenters. The summed E-state index contributed by atoms with van der Waals surface area (Å²) in [5, 5.41) is 13.0. The number of halogens is 1. The highest BCUT2D eigenvalue weighted by molar-refractivity contribution is 7.92. The maximum Gasteiger partial charge on any atom is 0.326 e.